The normalized spacial score (nSPS) is 16.4. The fraction of sp³-hybridized carbons (Fsp3) is 0.250. The largest absolute Gasteiger partial charge is 0.336 e. The minimum Gasteiger partial charge on any atom is -0.336 e. The predicted octanol–water partition coefficient (Wildman–Crippen LogP) is 5.38. The maximum atomic E-state index is 10.8. The molecule has 0 unspecified atom stereocenters. The van der Waals surface area contributed by atoms with Gasteiger partial charge in [-0.15, -0.1) is 0 Å². The molecular weight excluding hydrogens is 416 g/mol. The van der Waals surface area contributed by atoms with Gasteiger partial charge >= 0.3 is 0 Å². The number of hydrogen-bond acceptors (Lipinski definition) is 5. The summed E-state index contributed by atoms with van der Waals surface area (Å²) in [6.45, 7) is 2.02. The molecule has 1 aliphatic heterocycles. The fourth-order valence-corrected chi connectivity index (χ4v) is 4.09. The molecule has 0 aromatic heterocycles. The Morgan fingerprint density at radius 3 is 2.58 bits per heavy atom. The Hall–Kier alpha value is -2.93. The molecule has 0 saturated heterocycles. The smallest absolute Gasteiger partial charge is 0.269 e. The number of hydrogen-bond donors (Lipinski definition) is 0. The van der Waals surface area contributed by atoms with Gasteiger partial charge in [0.05, 0.1) is 9.95 Å². The summed E-state index contributed by atoms with van der Waals surface area (Å²) in [6, 6.07) is 20.5. The lowest BCUT2D eigenvalue weighted by molar-refractivity contribution is -0.384. The molecule has 0 radical (unpaired) electrons. The minimum atomic E-state index is -0.433. The second-order valence-corrected chi connectivity index (χ2v) is 8.13. The average molecular weight is 439 g/mol. The molecule has 1 atom stereocenters. The number of likely N-dealkylation sites (N-methyl/N-ethyl adjacent to an activating group) is 1. The maximum absolute atomic E-state index is 10.8. The van der Waals surface area contributed by atoms with Gasteiger partial charge in [0.25, 0.3) is 5.69 Å². The second-order valence-electron chi connectivity index (χ2n) is 7.73. The van der Waals surface area contributed by atoms with E-state index in [1.54, 1.807) is 12.1 Å². The van der Waals surface area contributed by atoms with Gasteiger partial charge < -0.3 is 9.79 Å². The van der Waals surface area contributed by atoms with Crippen LogP contribution in [0.3, 0.4) is 0 Å². The number of nitro groups is 1. The second kappa shape index (κ2) is 9.47. The van der Waals surface area contributed by atoms with E-state index in [1.165, 1.54) is 28.8 Å². The van der Waals surface area contributed by atoms with Crippen molar-refractivity contribution in [3.63, 3.8) is 0 Å². The van der Waals surface area contributed by atoms with Crippen molar-refractivity contribution in [3.05, 3.63) is 104 Å². The third kappa shape index (κ3) is 5.05. The van der Waals surface area contributed by atoms with E-state index in [9.17, 15) is 10.1 Å². The van der Waals surface area contributed by atoms with Crippen LogP contribution >= 0.6 is 11.6 Å². The van der Waals surface area contributed by atoms with Gasteiger partial charge in [0.1, 0.15) is 6.61 Å². The Balaban J connectivity index is 1.53. The molecule has 0 saturated carbocycles. The van der Waals surface area contributed by atoms with Crippen LogP contribution < -0.4 is 4.89 Å². The van der Waals surface area contributed by atoms with Crippen molar-refractivity contribution in [1.29, 1.82) is 0 Å². The summed E-state index contributed by atoms with van der Waals surface area (Å²) in [6.07, 6.45) is 0.915. The van der Waals surface area contributed by atoms with Crippen molar-refractivity contribution in [1.82, 2.24) is 4.90 Å². The Kier molecular flexibility index (Phi) is 6.51. The highest BCUT2D eigenvalue weighted by Crippen LogP contribution is 2.37. The summed E-state index contributed by atoms with van der Waals surface area (Å²) in [5.74, 6) is 0.672. The molecule has 3 aromatic carbocycles. The molecule has 31 heavy (non-hydrogen) atoms. The molecule has 0 fully saturated rings. The average Bonchev–Trinajstić information content (AvgIpc) is 2.93. The van der Waals surface area contributed by atoms with Crippen molar-refractivity contribution in [2.24, 2.45) is 0 Å². The summed E-state index contributed by atoms with van der Waals surface area (Å²) in [5.41, 5.74) is 4.45. The van der Waals surface area contributed by atoms with Gasteiger partial charge in [0, 0.05) is 31.1 Å². The van der Waals surface area contributed by atoms with Crippen molar-refractivity contribution in [3.8, 4) is 5.75 Å². The number of fused-ring (bicyclic) bond motifs is 1. The zero-order chi connectivity index (χ0) is 21.8. The maximum Gasteiger partial charge on any atom is 0.269 e. The van der Waals surface area contributed by atoms with Crippen LogP contribution in [0.15, 0.2) is 66.7 Å². The van der Waals surface area contributed by atoms with Gasteiger partial charge in [-0.1, -0.05) is 41.9 Å². The van der Waals surface area contributed by atoms with E-state index >= 15 is 0 Å². The number of nitro benzene ring substituents is 1. The van der Waals surface area contributed by atoms with E-state index in [-0.39, 0.29) is 18.2 Å². The molecule has 0 spiro atoms. The fourth-order valence-electron chi connectivity index (χ4n) is 3.87. The zero-order valence-corrected chi connectivity index (χ0v) is 17.9. The van der Waals surface area contributed by atoms with Crippen LogP contribution in [-0.2, 0) is 17.9 Å². The minimum absolute atomic E-state index is 0.0374. The molecule has 4 rings (SSSR count). The standard InChI is InChI=1S/C24H23ClN2O4/c1-26-12-11-19-13-23(25)24(14-21(19)22(15-26)18-5-3-2-4-6-18)31-30-16-17-7-9-20(10-8-17)27(28)29/h2-10,13-14,22H,11-12,15-16H2,1H3/t22-/m1/s1. The summed E-state index contributed by atoms with van der Waals surface area (Å²) >= 11 is 6.49. The highest BCUT2D eigenvalue weighted by atomic mass is 35.5. The highest BCUT2D eigenvalue weighted by molar-refractivity contribution is 6.32. The lowest BCUT2D eigenvalue weighted by Crippen LogP contribution is -2.24. The van der Waals surface area contributed by atoms with E-state index < -0.39 is 4.92 Å². The van der Waals surface area contributed by atoms with Crippen LogP contribution in [-0.4, -0.2) is 30.0 Å². The third-order valence-corrected chi connectivity index (χ3v) is 5.85. The lowest BCUT2D eigenvalue weighted by atomic mass is 9.88. The molecule has 0 N–H and O–H groups in total. The van der Waals surface area contributed by atoms with Crippen LogP contribution in [0.2, 0.25) is 5.02 Å². The third-order valence-electron chi connectivity index (χ3n) is 5.55. The van der Waals surface area contributed by atoms with Crippen LogP contribution in [0.25, 0.3) is 0 Å². The highest BCUT2D eigenvalue weighted by Gasteiger charge is 2.25. The van der Waals surface area contributed by atoms with Gasteiger partial charge in [-0.3, -0.25) is 10.1 Å². The van der Waals surface area contributed by atoms with Gasteiger partial charge in [-0.05, 0) is 60.0 Å². The van der Waals surface area contributed by atoms with Gasteiger partial charge in [0.2, 0.25) is 0 Å². The topological polar surface area (TPSA) is 64.8 Å². The Labute approximate surface area is 186 Å². The zero-order valence-electron chi connectivity index (χ0n) is 17.2. The first kappa shape index (κ1) is 21.3. The Morgan fingerprint density at radius 1 is 1.13 bits per heavy atom. The molecule has 160 valence electrons. The van der Waals surface area contributed by atoms with E-state index in [1.807, 2.05) is 18.2 Å². The van der Waals surface area contributed by atoms with Crippen LogP contribution in [0.4, 0.5) is 5.69 Å². The SMILES string of the molecule is CN1CCc2cc(Cl)c(OOCc3ccc([N+](=O)[O-])cc3)cc2[C@@H](c2ccccc2)C1. The van der Waals surface area contributed by atoms with E-state index in [0.29, 0.717) is 10.8 Å². The quantitative estimate of drug-likeness (QED) is 0.294. The number of benzene rings is 3. The van der Waals surface area contributed by atoms with E-state index in [0.717, 1.165) is 25.1 Å². The van der Waals surface area contributed by atoms with Crippen LogP contribution in [0.1, 0.15) is 28.2 Å². The van der Waals surface area contributed by atoms with Crippen LogP contribution in [0.5, 0.6) is 5.75 Å². The Morgan fingerprint density at radius 2 is 1.87 bits per heavy atom. The molecule has 3 aromatic rings. The van der Waals surface area contributed by atoms with E-state index in [4.69, 9.17) is 21.4 Å². The molecule has 0 amide bonds. The van der Waals surface area contributed by atoms with E-state index in [2.05, 4.69) is 36.2 Å². The summed E-state index contributed by atoms with van der Waals surface area (Å²) in [7, 11) is 2.13. The van der Waals surface area contributed by atoms with Gasteiger partial charge in [-0.2, -0.15) is 4.89 Å². The van der Waals surface area contributed by atoms with Crippen molar-refractivity contribution in [2.75, 3.05) is 20.1 Å². The van der Waals surface area contributed by atoms with Gasteiger partial charge in [-0.25, -0.2) is 0 Å². The Bertz CT molecular complexity index is 1060. The molecule has 0 bridgehead atoms. The predicted molar refractivity (Wildman–Crippen MR) is 119 cm³/mol. The molecule has 1 heterocycles. The monoisotopic (exact) mass is 438 g/mol. The summed E-state index contributed by atoms with van der Waals surface area (Å²) in [4.78, 5) is 23.6. The first-order valence-electron chi connectivity index (χ1n) is 10.1. The summed E-state index contributed by atoms with van der Waals surface area (Å²) < 4.78 is 0. The number of rotatable bonds is 6. The van der Waals surface area contributed by atoms with Gasteiger partial charge in [0.15, 0.2) is 5.75 Å². The van der Waals surface area contributed by atoms with Crippen molar-refractivity contribution < 1.29 is 14.7 Å². The summed E-state index contributed by atoms with van der Waals surface area (Å²) in [5, 5.41) is 11.3. The first-order valence-corrected chi connectivity index (χ1v) is 10.5. The molecule has 1 aliphatic rings. The lowest BCUT2D eigenvalue weighted by Gasteiger charge is -2.22. The number of non-ortho nitro benzene ring substituents is 1. The number of halogens is 1. The van der Waals surface area contributed by atoms with Crippen LogP contribution in [0, 0.1) is 10.1 Å². The molecule has 0 aliphatic carbocycles. The van der Waals surface area contributed by atoms with Crippen molar-refractivity contribution >= 4 is 17.3 Å². The molecular formula is C24H23ClN2O4. The molecule has 7 heteroatoms. The number of nitrogens with zero attached hydrogens (tertiary/aromatic N) is 2. The molecule has 6 nitrogen and oxygen atoms in total. The first-order chi connectivity index (χ1) is 15.0. The van der Waals surface area contributed by atoms with Crippen molar-refractivity contribution in [2.45, 2.75) is 18.9 Å².